The van der Waals surface area contributed by atoms with Crippen LogP contribution < -0.4 is 5.43 Å². The Morgan fingerprint density at radius 1 is 1.27 bits per heavy atom. The second kappa shape index (κ2) is 6.36. The van der Waals surface area contributed by atoms with Crippen molar-refractivity contribution >= 4 is 23.7 Å². The summed E-state index contributed by atoms with van der Waals surface area (Å²) in [5, 5.41) is 2.18. The summed E-state index contributed by atoms with van der Waals surface area (Å²) in [6.07, 6.45) is 6.49. The lowest BCUT2D eigenvalue weighted by molar-refractivity contribution is 0.0848. The van der Waals surface area contributed by atoms with Gasteiger partial charge in [-0.15, -0.1) is 0 Å². The Morgan fingerprint density at radius 2 is 2.18 bits per heavy atom. The average Bonchev–Trinajstić information content (AvgIpc) is 2.56. The standard InChI is InChI=1S/C15H12ClN5O/c16-12-4-1-3-11(7-12)13-8-14(19-9-18-13)15(22)20-21-6-2-5-17-10-21/h1-9H,10H2,(H,20,22). The molecule has 6 nitrogen and oxygen atoms in total. The number of nitrogens with zero attached hydrogens (tertiary/aromatic N) is 4. The number of hydrogen-bond donors (Lipinski definition) is 1. The minimum Gasteiger partial charge on any atom is -0.271 e. The molecule has 0 atom stereocenters. The molecule has 1 aromatic carbocycles. The van der Waals surface area contributed by atoms with Gasteiger partial charge in [-0.2, -0.15) is 0 Å². The van der Waals surface area contributed by atoms with Gasteiger partial charge in [0, 0.05) is 23.0 Å². The van der Waals surface area contributed by atoms with Crippen molar-refractivity contribution in [3.8, 4) is 11.3 Å². The SMILES string of the molecule is O=C(NN1C=CC=NC1)c1cc(-c2cccc(Cl)c2)ncn1. The smallest absolute Gasteiger partial charge is 0.271 e. The van der Waals surface area contributed by atoms with Crippen LogP contribution in [0.25, 0.3) is 11.3 Å². The molecule has 0 saturated carbocycles. The molecular weight excluding hydrogens is 302 g/mol. The largest absolute Gasteiger partial charge is 0.288 e. The van der Waals surface area contributed by atoms with Crippen LogP contribution in [0.3, 0.4) is 0 Å². The Labute approximate surface area is 132 Å². The molecule has 110 valence electrons. The maximum absolute atomic E-state index is 12.2. The molecule has 0 unspecified atom stereocenters. The lowest BCUT2D eigenvalue weighted by atomic mass is 10.1. The molecule has 1 aliphatic heterocycles. The van der Waals surface area contributed by atoms with E-state index in [1.165, 1.54) is 6.33 Å². The molecule has 7 heteroatoms. The van der Waals surface area contributed by atoms with Crippen molar-refractivity contribution in [2.45, 2.75) is 0 Å². The third-order valence-electron chi connectivity index (χ3n) is 2.96. The summed E-state index contributed by atoms with van der Waals surface area (Å²) < 4.78 is 0. The number of aromatic nitrogens is 2. The Hall–Kier alpha value is -2.73. The van der Waals surface area contributed by atoms with Crippen molar-refractivity contribution in [3.63, 3.8) is 0 Å². The van der Waals surface area contributed by atoms with E-state index in [-0.39, 0.29) is 11.6 Å². The van der Waals surface area contributed by atoms with E-state index in [1.807, 2.05) is 12.1 Å². The molecule has 1 aromatic heterocycles. The number of hydrogen-bond acceptors (Lipinski definition) is 5. The zero-order valence-electron chi connectivity index (χ0n) is 11.5. The Balaban J connectivity index is 1.80. The molecule has 22 heavy (non-hydrogen) atoms. The molecule has 0 radical (unpaired) electrons. The number of benzene rings is 1. The first kappa shape index (κ1) is 14.2. The fraction of sp³-hybridized carbons (Fsp3) is 0.0667. The van der Waals surface area contributed by atoms with Gasteiger partial charge in [0.15, 0.2) is 0 Å². The van der Waals surface area contributed by atoms with Gasteiger partial charge in [0.25, 0.3) is 5.91 Å². The normalized spacial score (nSPS) is 13.2. The Bertz CT molecular complexity index is 759. The van der Waals surface area contributed by atoms with Crippen molar-refractivity contribution in [2.24, 2.45) is 4.99 Å². The molecule has 1 N–H and O–H groups in total. The highest BCUT2D eigenvalue weighted by Gasteiger charge is 2.12. The molecular formula is C15H12ClN5O. The van der Waals surface area contributed by atoms with Crippen LogP contribution in [0.1, 0.15) is 10.5 Å². The van der Waals surface area contributed by atoms with Gasteiger partial charge in [-0.1, -0.05) is 23.7 Å². The van der Waals surface area contributed by atoms with Crippen molar-refractivity contribution in [1.82, 2.24) is 20.4 Å². The molecule has 2 aromatic rings. The lowest BCUT2D eigenvalue weighted by Gasteiger charge is -2.20. The van der Waals surface area contributed by atoms with E-state index in [0.717, 1.165) is 5.56 Å². The fourth-order valence-electron chi connectivity index (χ4n) is 1.93. The number of allylic oxidation sites excluding steroid dienone is 1. The number of amides is 1. The first-order valence-electron chi connectivity index (χ1n) is 6.54. The van der Waals surface area contributed by atoms with Gasteiger partial charge >= 0.3 is 0 Å². The van der Waals surface area contributed by atoms with E-state index in [4.69, 9.17) is 11.6 Å². The maximum Gasteiger partial charge on any atom is 0.288 e. The number of nitrogens with one attached hydrogen (secondary N) is 1. The molecule has 3 rings (SSSR count). The summed E-state index contributed by atoms with van der Waals surface area (Å²) in [6, 6.07) is 8.89. The minimum absolute atomic E-state index is 0.271. The number of halogens is 1. The molecule has 1 aliphatic rings. The first-order chi connectivity index (χ1) is 10.7. The van der Waals surface area contributed by atoms with Crippen LogP contribution in [0.2, 0.25) is 5.02 Å². The van der Waals surface area contributed by atoms with Crippen LogP contribution in [0.5, 0.6) is 0 Å². The predicted molar refractivity (Wildman–Crippen MR) is 84.3 cm³/mol. The minimum atomic E-state index is -0.326. The summed E-state index contributed by atoms with van der Waals surface area (Å²) in [5.74, 6) is -0.326. The van der Waals surface area contributed by atoms with Crippen LogP contribution in [-0.2, 0) is 0 Å². The summed E-state index contributed by atoms with van der Waals surface area (Å²) in [5.41, 5.74) is 4.43. The number of carbonyl (C=O) groups excluding carboxylic acids is 1. The predicted octanol–water partition coefficient (Wildman–Crippen LogP) is 2.30. The highest BCUT2D eigenvalue weighted by Crippen LogP contribution is 2.20. The van der Waals surface area contributed by atoms with E-state index in [2.05, 4.69) is 20.4 Å². The number of carbonyl (C=O) groups is 1. The van der Waals surface area contributed by atoms with Gasteiger partial charge in [-0.05, 0) is 24.3 Å². The zero-order chi connectivity index (χ0) is 15.4. The highest BCUT2D eigenvalue weighted by atomic mass is 35.5. The van der Waals surface area contributed by atoms with Crippen LogP contribution in [0.15, 0.2) is 53.9 Å². The summed E-state index contributed by atoms with van der Waals surface area (Å²) in [4.78, 5) is 24.4. The first-order valence-corrected chi connectivity index (χ1v) is 6.92. The average molecular weight is 314 g/mol. The second-order valence-corrected chi connectivity index (χ2v) is 4.96. The molecule has 0 saturated heterocycles. The van der Waals surface area contributed by atoms with Gasteiger partial charge in [0.2, 0.25) is 0 Å². The zero-order valence-corrected chi connectivity index (χ0v) is 12.2. The molecule has 2 heterocycles. The molecule has 0 spiro atoms. The van der Waals surface area contributed by atoms with Gasteiger partial charge in [-0.25, -0.2) is 9.97 Å². The third-order valence-corrected chi connectivity index (χ3v) is 3.19. The molecule has 1 amide bonds. The summed E-state index contributed by atoms with van der Waals surface area (Å²) >= 11 is 5.98. The monoisotopic (exact) mass is 313 g/mol. The van der Waals surface area contributed by atoms with E-state index >= 15 is 0 Å². The Kier molecular flexibility index (Phi) is 4.11. The number of hydrazine groups is 1. The van der Waals surface area contributed by atoms with E-state index < -0.39 is 0 Å². The molecule has 0 bridgehead atoms. The lowest BCUT2D eigenvalue weighted by Crippen LogP contribution is -2.39. The highest BCUT2D eigenvalue weighted by molar-refractivity contribution is 6.30. The van der Waals surface area contributed by atoms with Crippen molar-refractivity contribution in [2.75, 3.05) is 6.67 Å². The van der Waals surface area contributed by atoms with E-state index in [9.17, 15) is 4.79 Å². The van der Waals surface area contributed by atoms with Crippen molar-refractivity contribution < 1.29 is 4.79 Å². The van der Waals surface area contributed by atoms with Crippen LogP contribution in [-0.4, -0.2) is 33.8 Å². The quantitative estimate of drug-likeness (QED) is 0.944. The van der Waals surface area contributed by atoms with Crippen LogP contribution in [0, 0.1) is 0 Å². The van der Waals surface area contributed by atoms with Crippen molar-refractivity contribution in [3.05, 3.63) is 59.7 Å². The van der Waals surface area contributed by atoms with Gasteiger partial charge in [-0.3, -0.25) is 20.2 Å². The third kappa shape index (κ3) is 3.29. The van der Waals surface area contributed by atoms with Crippen LogP contribution in [0.4, 0.5) is 0 Å². The Morgan fingerprint density at radius 3 is 2.95 bits per heavy atom. The summed E-state index contributed by atoms with van der Waals surface area (Å²) in [7, 11) is 0. The van der Waals surface area contributed by atoms with Gasteiger partial charge in [0.05, 0.1) is 5.69 Å². The van der Waals surface area contributed by atoms with Crippen LogP contribution >= 0.6 is 11.6 Å². The fourth-order valence-corrected chi connectivity index (χ4v) is 2.12. The molecule has 0 aliphatic carbocycles. The maximum atomic E-state index is 12.2. The van der Waals surface area contributed by atoms with E-state index in [1.54, 1.807) is 41.7 Å². The molecule has 0 fully saturated rings. The topological polar surface area (TPSA) is 70.5 Å². The number of aliphatic imine (C=N–C) groups is 1. The van der Waals surface area contributed by atoms with Crippen molar-refractivity contribution in [1.29, 1.82) is 0 Å². The summed E-state index contributed by atoms with van der Waals surface area (Å²) in [6.45, 7) is 0.370. The van der Waals surface area contributed by atoms with Gasteiger partial charge < -0.3 is 0 Å². The van der Waals surface area contributed by atoms with Gasteiger partial charge in [0.1, 0.15) is 18.7 Å². The number of rotatable bonds is 3. The second-order valence-electron chi connectivity index (χ2n) is 4.52. The van der Waals surface area contributed by atoms with E-state index in [0.29, 0.717) is 17.4 Å².